The van der Waals surface area contributed by atoms with Crippen molar-refractivity contribution in [2.24, 2.45) is 5.92 Å². The highest BCUT2D eigenvalue weighted by Crippen LogP contribution is 2.33. The van der Waals surface area contributed by atoms with Gasteiger partial charge in [-0.2, -0.15) is 4.98 Å². The van der Waals surface area contributed by atoms with Crippen molar-refractivity contribution in [1.29, 1.82) is 0 Å². The van der Waals surface area contributed by atoms with Gasteiger partial charge < -0.3 is 18.9 Å². The molecule has 1 aromatic carbocycles. The Bertz CT molecular complexity index is 951. The number of amides is 1. The van der Waals surface area contributed by atoms with Crippen molar-refractivity contribution in [2.45, 2.75) is 18.8 Å². The number of aliphatic carboxylic acids is 1. The van der Waals surface area contributed by atoms with Gasteiger partial charge in [0.2, 0.25) is 17.6 Å². The Kier molecular flexibility index (Phi) is 4.92. The second-order valence-electron chi connectivity index (χ2n) is 6.75. The first-order valence-electron chi connectivity index (χ1n) is 9.04. The van der Waals surface area contributed by atoms with E-state index < -0.39 is 11.9 Å². The predicted octanol–water partition coefficient (Wildman–Crippen LogP) is 2.59. The topological polar surface area (TPSA) is 110 Å². The van der Waals surface area contributed by atoms with E-state index in [0.717, 1.165) is 5.56 Å². The van der Waals surface area contributed by atoms with Crippen molar-refractivity contribution in [1.82, 2.24) is 15.0 Å². The average molecular weight is 381 g/mol. The molecule has 4 rings (SSSR count). The van der Waals surface area contributed by atoms with Crippen LogP contribution in [0, 0.1) is 5.92 Å². The zero-order chi connectivity index (χ0) is 19.5. The average Bonchev–Trinajstić information content (AvgIpc) is 3.46. The third-order valence-electron chi connectivity index (χ3n) is 4.98. The van der Waals surface area contributed by atoms with Gasteiger partial charge >= 0.3 is 5.97 Å². The van der Waals surface area contributed by atoms with E-state index in [9.17, 15) is 14.7 Å². The van der Waals surface area contributed by atoms with Crippen molar-refractivity contribution in [3.05, 3.63) is 60.2 Å². The van der Waals surface area contributed by atoms with Gasteiger partial charge in [-0.15, -0.1) is 0 Å². The number of aromatic nitrogens is 2. The van der Waals surface area contributed by atoms with Crippen LogP contribution in [0.25, 0.3) is 11.6 Å². The van der Waals surface area contributed by atoms with Crippen molar-refractivity contribution < 1.29 is 23.6 Å². The number of carbonyl (C=O) groups excluding carboxylic acids is 1. The number of likely N-dealkylation sites (tertiary alicyclic amines) is 1. The fourth-order valence-corrected chi connectivity index (χ4v) is 3.53. The van der Waals surface area contributed by atoms with E-state index in [2.05, 4.69) is 10.1 Å². The van der Waals surface area contributed by atoms with E-state index in [1.807, 2.05) is 30.3 Å². The Morgan fingerprint density at radius 3 is 2.68 bits per heavy atom. The smallest absolute Gasteiger partial charge is 0.308 e. The van der Waals surface area contributed by atoms with Crippen molar-refractivity contribution in [3.8, 4) is 11.6 Å². The van der Waals surface area contributed by atoms with Gasteiger partial charge in [0.1, 0.15) is 0 Å². The van der Waals surface area contributed by atoms with Crippen LogP contribution in [-0.4, -0.2) is 45.1 Å². The number of carboxylic acids is 1. The maximum atomic E-state index is 12.6. The normalized spacial score (nSPS) is 19.1. The number of aryl methyl sites for hydroxylation is 1. The van der Waals surface area contributed by atoms with Crippen LogP contribution in [0.15, 0.2) is 57.7 Å². The largest absolute Gasteiger partial charge is 0.481 e. The minimum atomic E-state index is -0.885. The van der Waals surface area contributed by atoms with Crippen molar-refractivity contribution in [3.63, 3.8) is 0 Å². The Morgan fingerprint density at radius 2 is 1.96 bits per heavy atom. The van der Waals surface area contributed by atoms with Gasteiger partial charge in [0.15, 0.2) is 5.76 Å². The van der Waals surface area contributed by atoms with E-state index in [0.29, 0.717) is 24.0 Å². The zero-order valence-corrected chi connectivity index (χ0v) is 15.0. The van der Waals surface area contributed by atoms with Crippen LogP contribution in [0.2, 0.25) is 0 Å². The van der Waals surface area contributed by atoms with Crippen LogP contribution in [0.1, 0.15) is 23.8 Å². The summed E-state index contributed by atoms with van der Waals surface area (Å²) in [5.74, 6) is -0.656. The molecule has 8 nitrogen and oxygen atoms in total. The SMILES string of the molecule is O=C(O)[C@@H]1CN(C(=O)CCc2nc(-c3ccco3)no2)C[C@@H]1c1ccccc1. The molecule has 28 heavy (non-hydrogen) atoms. The summed E-state index contributed by atoms with van der Waals surface area (Å²) in [4.78, 5) is 30.1. The molecule has 1 aliphatic heterocycles. The Morgan fingerprint density at radius 1 is 1.14 bits per heavy atom. The van der Waals surface area contributed by atoms with Gasteiger partial charge in [0.25, 0.3) is 0 Å². The summed E-state index contributed by atoms with van der Waals surface area (Å²) in [5, 5.41) is 13.4. The number of hydrogen-bond donors (Lipinski definition) is 1. The maximum Gasteiger partial charge on any atom is 0.308 e. The highest BCUT2D eigenvalue weighted by atomic mass is 16.5. The zero-order valence-electron chi connectivity index (χ0n) is 15.0. The molecule has 1 aliphatic rings. The number of nitrogens with zero attached hydrogens (tertiary/aromatic N) is 3. The van der Waals surface area contributed by atoms with Gasteiger partial charge in [0, 0.05) is 31.8 Å². The number of benzene rings is 1. The van der Waals surface area contributed by atoms with Crippen LogP contribution in [0.4, 0.5) is 0 Å². The molecule has 1 amide bonds. The van der Waals surface area contributed by atoms with Crippen LogP contribution >= 0.6 is 0 Å². The Balaban J connectivity index is 1.39. The quantitative estimate of drug-likeness (QED) is 0.699. The van der Waals surface area contributed by atoms with Crippen LogP contribution in [0.5, 0.6) is 0 Å². The minimum Gasteiger partial charge on any atom is -0.481 e. The molecule has 1 fully saturated rings. The lowest BCUT2D eigenvalue weighted by molar-refractivity contribution is -0.141. The number of rotatable bonds is 6. The van der Waals surface area contributed by atoms with Crippen LogP contribution in [0.3, 0.4) is 0 Å². The van der Waals surface area contributed by atoms with Crippen molar-refractivity contribution in [2.75, 3.05) is 13.1 Å². The lowest BCUT2D eigenvalue weighted by Gasteiger charge is -2.16. The highest BCUT2D eigenvalue weighted by molar-refractivity contribution is 5.79. The van der Waals surface area contributed by atoms with Gasteiger partial charge in [-0.1, -0.05) is 35.5 Å². The first-order valence-corrected chi connectivity index (χ1v) is 9.04. The second kappa shape index (κ2) is 7.67. The number of hydrogen-bond acceptors (Lipinski definition) is 6. The van der Waals surface area contributed by atoms with E-state index >= 15 is 0 Å². The molecule has 0 radical (unpaired) electrons. The fraction of sp³-hybridized carbons (Fsp3) is 0.300. The molecule has 0 spiro atoms. The molecule has 3 aromatic rings. The Labute approximate surface area is 160 Å². The maximum absolute atomic E-state index is 12.6. The standard InChI is InChI=1S/C20H19N3O5/c24-18(9-8-17-21-19(22-28-17)16-7-4-10-27-16)23-11-14(15(12-23)20(25)26)13-5-2-1-3-6-13/h1-7,10,14-15H,8-9,11-12H2,(H,25,26)/t14-,15-/m1/s1. The molecular formula is C20H19N3O5. The number of furan rings is 1. The number of carboxylic acid groups (broad SMARTS) is 1. The molecule has 0 aliphatic carbocycles. The third kappa shape index (κ3) is 3.66. The highest BCUT2D eigenvalue weighted by Gasteiger charge is 2.40. The minimum absolute atomic E-state index is 0.123. The first-order chi connectivity index (χ1) is 13.6. The molecule has 0 bridgehead atoms. The van der Waals surface area contributed by atoms with Gasteiger partial charge in [-0.05, 0) is 17.7 Å². The molecule has 8 heteroatoms. The lowest BCUT2D eigenvalue weighted by atomic mass is 9.89. The molecule has 1 N–H and O–H groups in total. The summed E-state index contributed by atoms with van der Waals surface area (Å²) in [7, 11) is 0. The monoisotopic (exact) mass is 381 g/mol. The molecular weight excluding hydrogens is 362 g/mol. The summed E-state index contributed by atoms with van der Waals surface area (Å²) in [6, 6.07) is 12.9. The van der Waals surface area contributed by atoms with Gasteiger partial charge in [0.05, 0.1) is 12.2 Å². The summed E-state index contributed by atoms with van der Waals surface area (Å²) in [6.45, 7) is 0.594. The molecule has 0 unspecified atom stereocenters. The molecule has 0 saturated carbocycles. The molecule has 144 valence electrons. The van der Waals surface area contributed by atoms with Crippen molar-refractivity contribution >= 4 is 11.9 Å². The van der Waals surface area contributed by atoms with Gasteiger partial charge in [-0.25, -0.2) is 0 Å². The van der Waals surface area contributed by atoms with Crippen LogP contribution in [-0.2, 0) is 16.0 Å². The predicted molar refractivity (Wildman–Crippen MR) is 97.2 cm³/mol. The van der Waals surface area contributed by atoms with E-state index in [-0.39, 0.29) is 31.2 Å². The summed E-state index contributed by atoms with van der Waals surface area (Å²) in [6.07, 6.45) is 1.98. The molecule has 3 heterocycles. The fourth-order valence-electron chi connectivity index (χ4n) is 3.53. The van der Waals surface area contributed by atoms with E-state index in [1.165, 1.54) is 6.26 Å². The molecule has 2 aromatic heterocycles. The molecule has 2 atom stereocenters. The number of carbonyl (C=O) groups is 2. The third-order valence-corrected chi connectivity index (χ3v) is 4.98. The Hall–Kier alpha value is -3.42. The van der Waals surface area contributed by atoms with Crippen LogP contribution < -0.4 is 0 Å². The second-order valence-corrected chi connectivity index (χ2v) is 6.75. The lowest BCUT2D eigenvalue weighted by Crippen LogP contribution is -2.30. The summed E-state index contributed by atoms with van der Waals surface area (Å²) < 4.78 is 10.4. The summed E-state index contributed by atoms with van der Waals surface area (Å²) >= 11 is 0. The van der Waals surface area contributed by atoms with E-state index in [4.69, 9.17) is 8.94 Å². The first kappa shape index (κ1) is 18.0. The van der Waals surface area contributed by atoms with E-state index in [1.54, 1.807) is 17.0 Å². The molecule has 1 saturated heterocycles. The summed E-state index contributed by atoms with van der Waals surface area (Å²) in [5.41, 5.74) is 0.935. The van der Waals surface area contributed by atoms with Gasteiger partial charge in [-0.3, -0.25) is 9.59 Å².